The zero-order chi connectivity index (χ0) is 16.5. The van der Waals surface area contributed by atoms with E-state index in [0.717, 1.165) is 17.2 Å². The van der Waals surface area contributed by atoms with Crippen LogP contribution < -0.4 is 14.8 Å². The van der Waals surface area contributed by atoms with E-state index < -0.39 is 0 Å². The number of ether oxygens (including phenoxy) is 3. The molecule has 0 spiro atoms. The highest BCUT2D eigenvalue weighted by Crippen LogP contribution is 2.18. The number of rotatable bonds is 9. The minimum atomic E-state index is 0.0359. The van der Waals surface area contributed by atoms with Gasteiger partial charge in [0.25, 0.3) is 0 Å². The fourth-order valence-corrected chi connectivity index (χ4v) is 2.09. The highest BCUT2D eigenvalue weighted by atomic mass is 35.5. The number of hydrogen-bond acceptors (Lipinski definition) is 4. The first-order chi connectivity index (χ1) is 11.2. The second-order valence-corrected chi connectivity index (χ2v) is 5.57. The number of benzene rings is 2. The summed E-state index contributed by atoms with van der Waals surface area (Å²) < 4.78 is 16.3. The third kappa shape index (κ3) is 6.38. The number of methoxy groups -OCH3 is 1. The molecule has 124 valence electrons. The van der Waals surface area contributed by atoms with E-state index in [2.05, 4.69) is 5.32 Å². The Morgan fingerprint density at radius 3 is 2.26 bits per heavy atom. The van der Waals surface area contributed by atoms with Crippen LogP contribution >= 0.6 is 11.6 Å². The van der Waals surface area contributed by atoms with Crippen molar-refractivity contribution in [1.82, 2.24) is 0 Å². The Hall–Kier alpha value is -1.91. The van der Waals surface area contributed by atoms with Gasteiger partial charge in [0.2, 0.25) is 0 Å². The first-order valence-corrected chi connectivity index (χ1v) is 7.93. The van der Waals surface area contributed by atoms with E-state index in [1.54, 1.807) is 7.11 Å². The lowest BCUT2D eigenvalue weighted by Crippen LogP contribution is -2.22. The molecule has 0 saturated carbocycles. The predicted molar refractivity (Wildman–Crippen MR) is 93.8 cm³/mol. The topological polar surface area (TPSA) is 39.7 Å². The Bertz CT molecular complexity index is 572. The molecule has 2 rings (SSSR count). The monoisotopic (exact) mass is 335 g/mol. The van der Waals surface area contributed by atoms with Crippen molar-refractivity contribution in [2.75, 3.05) is 32.2 Å². The van der Waals surface area contributed by atoms with Crippen molar-refractivity contribution in [2.45, 2.75) is 13.0 Å². The predicted octanol–water partition coefficient (Wildman–Crippen LogP) is 4.24. The summed E-state index contributed by atoms with van der Waals surface area (Å²) in [6.45, 7) is 3.85. The van der Waals surface area contributed by atoms with Crippen molar-refractivity contribution in [3.05, 3.63) is 53.6 Å². The van der Waals surface area contributed by atoms with Gasteiger partial charge in [-0.3, -0.25) is 0 Å². The number of anilines is 1. The van der Waals surface area contributed by atoms with Gasteiger partial charge in [0.15, 0.2) is 0 Å². The van der Waals surface area contributed by atoms with Crippen LogP contribution in [0.4, 0.5) is 5.69 Å². The van der Waals surface area contributed by atoms with Crippen molar-refractivity contribution in [3.8, 4) is 11.5 Å². The summed E-state index contributed by atoms with van der Waals surface area (Å²) in [5, 5.41) is 4.04. The molecule has 0 radical (unpaired) electrons. The molecule has 4 nitrogen and oxygen atoms in total. The van der Waals surface area contributed by atoms with Crippen LogP contribution in [0.15, 0.2) is 48.5 Å². The lowest BCUT2D eigenvalue weighted by Gasteiger charge is -2.16. The molecule has 2 aromatic rings. The summed E-state index contributed by atoms with van der Waals surface area (Å²) in [6.07, 6.45) is 0.0359. The van der Waals surface area contributed by atoms with Gasteiger partial charge >= 0.3 is 0 Å². The average Bonchev–Trinajstić information content (AvgIpc) is 2.56. The van der Waals surface area contributed by atoms with Gasteiger partial charge in [-0.15, -0.1) is 0 Å². The molecular weight excluding hydrogens is 314 g/mol. The van der Waals surface area contributed by atoms with E-state index in [0.29, 0.717) is 24.8 Å². The van der Waals surface area contributed by atoms with Crippen molar-refractivity contribution >= 4 is 17.3 Å². The van der Waals surface area contributed by atoms with Crippen LogP contribution in [0.1, 0.15) is 6.92 Å². The summed E-state index contributed by atoms with van der Waals surface area (Å²) in [4.78, 5) is 0. The summed E-state index contributed by atoms with van der Waals surface area (Å²) in [5.74, 6) is 1.64. The summed E-state index contributed by atoms with van der Waals surface area (Å²) >= 11 is 5.86. The van der Waals surface area contributed by atoms with Crippen molar-refractivity contribution in [2.24, 2.45) is 0 Å². The minimum Gasteiger partial charge on any atom is -0.491 e. The molecule has 0 aliphatic carbocycles. The normalized spacial score (nSPS) is 11.8. The maximum Gasteiger partial charge on any atom is 0.119 e. The quantitative estimate of drug-likeness (QED) is 0.696. The molecule has 5 heteroatoms. The Morgan fingerprint density at radius 2 is 1.61 bits per heavy atom. The maximum atomic E-state index is 5.86. The molecule has 0 aliphatic heterocycles. The van der Waals surface area contributed by atoms with Gasteiger partial charge in [-0.1, -0.05) is 11.6 Å². The van der Waals surface area contributed by atoms with Crippen molar-refractivity contribution in [3.63, 3.8) is 0 Å². The fourth-order valence-electron chi connectivity index (χ4n) is 1.96. The van der Waals surface area contributed by atoms with Crippen LogP contribution in [0.5, 0.6) is 11.5 Å². The van der Waals surface area contributed by atoms with Crippen LogP contribution in [0.3, 0.4) is 0 Å². The molecule has 0 fully saturated rings. The summed E-state index contributed by atoms with van der Waals surface area (Å²) in [6, 6.07) is 15.2. The van der Waals surface area contributed by atoms with Gasteiger partial charge in [-0.25, -0.2) is 0 Å². The van der Waals surface area contributed by atoms with E-state index in [1.165, 1.54) is 0 Å². The third-order valence-electron chi connectivity index (χ3n) is 3.16. The average molecular weight is 336 g/mol. The van der Waals surface area contributed by atoms with Crippen LogP contribution in [0.2, 0.25) is 5.02 Å². The van der Waals surface area contributed by atoms with Crippen LogP contribution in [-0.2, 0) is 4.74 Å². The summed E-state index contributed by atoms with van der Waals surface area (Å²) in [5.41, 5.74) is 1.02. The smallest absolute Gasteiger partial charge is 0.119 e. The first-order valence-electron chi connectivity index (χ1n) is 7.55. The standard InChI is InChI=1S/C18H22ClNO3/c1-14(23-18-7-3-15(19)4-8-18)13-20-16-5-9-17(10-6-16)22-12-11-21-2/h3-10,14,20H,11-13H2,1-2H3. The second kappa shape index (κ2) is 9.28. The van der Waals surface area contributed by atoms with Gasteiger partial charge < -0.3 is 19.5 Å². The van der Waals surface area contributed by atoms with E-state index in [9.17, 15) is 0 Å². The lowest BCUT2D eigenvalue weighted by molar-refractivity contribution is 0.146. The zero-order valence-electron chi connectivity index (χ0n) is 13.4. The Balaban J connectivity index is 1.75. The van der Waals surface area contributed by atoms with Crippen molar-refractivity contribution < 1.29 is 14.2 Å². The highest BCUT2D eigenvalue weighted by molar-refractivity contribution is 6.30. The molecule has 0 aromatic heterocycles. The SMILES string of the molecule is COCCOc1ccc(NCC(C)Oc2ccc(Cl)cc2)cc1. The Labute approximate surface area is 142 Å². The van der Waals surface area contributed by atoms with E-state index in [4.69, 9.17) is 25.8 Å². The molecule has 0 heterocycles. The third-order valence-corrected chi connectivity index (χ3v) is 3.41. The molecule has 0 aliphatic rings. The summed E-state index contributed by atoms with van der Waals surface area (Å²) in [7, 11) is 1.66. The molecule has 2 aromatic carbocycles. The molecular formula is C18H22ClNO3. The Morgan fingerprint density at radius 1 is 0.957 bits per heavy atom. The minimum absolute atomic E-state index is 0.0359. The molecule has 1 atom stereocenters. The maximum absolute atomic E-state index is 5.86. The fraction of sp³-hybridized carbons (Fsp3) is 0.333. The van der Waals surface area contributed by atoms with Crippen molar-refractivity contribution in [1.29, 1.82) is 0 Å². The van der Waals surface area contributed by atoms with E-state index in [-0.39, 0.29) is 6.10 Å². The molecule has 1 unspecified atom stereocenters. The van der Waals surface area contributed by atoms with Gasteiger partial charge in [0.05, 0.1) is 13.2 Å². The molecule has 0 bridgehead atoms. The van der Waals surface area contributed by atoms with E-state index >= 15 is 0 Å². The zero-order valence-corrected chi connectivity index (χ0v) is 14.2. The van der Waals surface area contributed by atoms with Gasteiger partial charge in [-0.2, -0.15) is 0 Å². The largest absolute Gasteiger partial charge is 0.491 e. The van der Waals surface area contributed by atoms with Gasteiger partial charge in [0.1, 0.15) is 24.2 Å². The molecule has 23 heavy (non-hydrogen) atoms. The number of hydrogen-bond donors (Lipinski definition) is 1. The van der Waals surface area contributed by atoms with Crippen LogP contribution in [-0.4, -0.2) is 33.0 Å². The first kappa shape index (κ1) is 17.4. The molecule has 0 saturated heterocycles. The number of halogens is 1. The van der Waals surface area contributed by atoms with Crippen LogP contribution in [0.25, 0.3) is 0 Å². The number of nitrogens with one attached hydrogen (secondary N) is 1. The van der Waals surface area contributed by atoms with E-state index in [1.807, 2.05) is 55.5 Å². The highest BCUT2D eigenvalue weighted by Gasteiger charge is 2.04. The molecule has 1 N–H and O–H groups in total. The van der Waals surface area contributed by atoms with Gasteiger partial charge in [-0.05, 0) is 55.5 Å². The van der Waals surface area contributed by atoms with Gasteiger partial charge in [0, 0.05) is 17.8 Å². The lowest BCUT2D eigenvalue weighted by atomic mass is 10.3. The second-order valence-electron chi connectivity index (χ2n) is 5.13. The Kier molecular flexibility index (Phi) is 7.04. The van der Waals surface area contributed by atoms with Crippen LogP contribution in [0, 0.1) is 0 Å². The molecule has 0 amide bonds.